The third-order valence-corrected chi connectivity index (χ3v) is 3.28. The number of halogens is 1. The molecule has 0 aliphatic carbocycles. The molecule has 1 atom stereocenters. The molecule has 0 aliphatic rings. The van der Waals surface area contributed by atoms with Gasteiger partial charge < -0.3 is 20.9 Å². The van der Waals surface area contributed by atoms with Gasteiger partial charge in [0.2, 0.25) is 0 Å². The highest BCUT2D eigenvalue weighted by atomic mass is 79.9. The van der Waals surface area contributed by atoms with Crippen molar-refractivity contribution in [3.05, 3.63) is 28.2 Å². The summed E-state index contributed by atoms with van der Waals surface area (Å²) in [6.07, 6.45) is 0.382. The summed E-state index contributed by atoms with van der Waals surface area (Å²) >= 11 is 3.46. The van der Waals surface area contributed by atoms with E-state index in [4.69, 9.17) is 10.9 Å². The van der Waals surface area contributed by atoms with E-state index in [1.807, 2.05) is 18.0 Å². The van der Waals surface area contributed by atoms with E-state index in [2.05, 4.69) is 21.1 Å². The Morgan fingerprint density at radius 1 is 1.56 bits per heavy atom. The van der Waals surface area contributed by atoms with Gasteiger partial charge in [-0.15, -0.1) is 0 Å². The highest BCUT2D eigenvalue weighted by Gasteiger charge is 2.09. The molecule has 0 radical (unpaired) electrons. The van der Waals surface area contributed by atoms with Crippen molar-refractivity contribution >= 4 is 27.5 Å². The van der Waals surface area contributed by atoms with Crippen LogP contribution in [0.25, 0.3) is 0 Å². The summed E-state index contributed by atoms with van der Waals surface area (Å²) in [6.45, 7) is 2.52. The van der Waals surface area contributed by atoms with E-state index in [0.29, 0.717) is 12.0 Å². The largest absolute Gasteiger partial charge is 0.409 e. The fraction of sp³-hybridized carbons (Fsp3) is 0.417. The molecular formula is C12H18BrN3O2. The molecule has 0 bridgehead atoms. The Kier molecular flexibility index (Phi) is 5.43. The minimum atomic E-state index is -0.317. The second kappa shape index (κ2) is 6.61. The first-order chi connectivity index (χ1) is 8.45. The van der Waals surface area contributed by atoms with Crippen molar-refractivity contribution in [2.24, 2.45) is 10.9 Å². The highest BCUT2D eigenvalue weighted by molar-refractivity contribution is 9.10. The fourth-order valence-electron chi connectivity index (χ4n) is 1.53. The molecule has 1 aromatic carbocycles. The molecule has 0 spiro atoms. The summed E-state index contributed by atoms with van der Waals surface area (Å²) in [7, 11) is 1.95. The molecule has 1 unspecified atom stereocenters. The summed E-state index contributed by atoms with van der Waals surface area (Å²) in [5.41, 5.74) is 7.16. The predicted octanol–water partition coefficient (Wildman–Crippen LogP) is 1.75. The van der Waals surface area contributed by atoms with Gasteiger partial charge >= 0.3 is 0 Å². The first-order valence-electron chi connectivity index (χ1n) is 5.62. The van der Waals surface area contributed by atoms with E-state index >= 15 is 0 Å². The molecule has 0 aliphatic heterocycles. The molecule has 0 heterocycles. The van der Waals surface area contributed by atoms with Crippen molar-refractivity contribution in [1.82, 2.24) is 0 Å². The van der Waals surface area contributed by atoms with Gasteiger partial charge in [0.25, 0.3) is 0 Å². The molecule has 0 saturated heterocycles. The lowest BCUT2D eigenvalue weighted by molar-refractivity contribution is 0.187. The standard InChI is InChI=1S/C12H18BrN3O2/c1-8(17)5-6-16(2)11-4-3-9(7-10(11)13)12(14)15-18/h3-4,7-8,17-18H,5-6H2,1-2H3,(H2,14,15). The average Bonchev–Trinajstić information content (AvgIpc) is 2.34. The van der Waals surface area contributed by atoms with Crippen LogP contribution >= 0.6 is 15.9 Å². The number of hydrogen-bond donors (Lipinski definition) is 3. The van der Waals surface area contributed by atoms with Crippen LogP contribution in [0.5, 0.6) is 0 Å². The smallest absolute Gasteiger partial charge is 0.170 e. The van der Waals surface area contributed by atoms with Crippen molar-refractivity contribution < 1.29 is 10.3 Å². The first-order valence-corrected chi connectivity index (χ1v) is 6.41. The van der Waals surface area contributed by atoms with Gasteiger partial charge in [-0.1, -0.05) is 5.16 Å². The molecule has 1 rings (SSSR count). The van der Waals surface area contributed by atoms with Crippen molar-refractivity contribution in [1.29, 1.82) is 0 Å². The van der Waals surface area contributed by atoms with E-state index in [-0.39, 0.29) is 11.9 Å². The normalized spacial score (nSPS) is 13.4. The number of oxime groups is 1. The van der Waals surface area contributed by atoms with Gasteiger partial charge in [-0.2, -0.15) is 0 Å². The number of benzene rings is 1. The van der Waals surface area contributed by atoms with Gasteiger partial charge in [0, 0.05) is 23.6 Å². The van der Waals surface area contributed by atoms with Crippen LogP contribution in [-0.4, -0.2) is 35.8 Å². The van der Waals surface area contributed by atoms with Gasteiger partial charge in [0.05, 0.1) is 11.8 Å². The monoisotopic (exact) mass is 315 g/mol. The molecule has 100 valence electrons. The Morgan fingerprint density at radius 2 is 2.22 bits per heavy atom. The zero-order chi connectivity index (χ0) is 13.7. The maximum atomic E-state index is 9.27. The van der Waals surface area contributed by atoms with Gasteiger partial charge in [0.15, 0.2) is 5.84 Å². The number of amidine groups is 1. The molecule has 0 aromatic heterocycles. The Hall–Kier alpha value is -1.27. The number of nitrogens with two attached hydrogens (primary N) is 1. The van der Waals surface area contributed by atoms with E-state index in [1.165, 1.54) is 0 Å². The second-order valence-corrected chi connectivity index (χ2v) is 5.07. The Balaban J connectivity index is 2.85. The highest BCUT2D eigenvalue weighted by Crippen LogP contribution is 2.26. The molecular weight excluding hydrogens is 298 g/mol. The molecule has 0 fully saturated rings. The third-order valence-electron chi connectivity index (χ3n) is 2.64. The number of anilines is 1. The topological polar surface area (TPSA) is 82.1 Å². The van der Waals surface area contributed by atoms with Crippen molar-refractivity contribution in [3.63, 3.8) is 0 Å². The summed E-state index contributed by atoms with van der Waals surface area (Å²) in [6, 6.07) is 5.47. The summed E-state index contributed by atoms with van der Waals surface area (Å²) in [4.78, 5) is 2.03. The van der Waals surface area contributed by atoms with Crippen LogP contribution in [0.3, 0.4) is 0 Å². The van der Waals surface area contributed by atoms with Gasteiger partial charge in [-0.25, -0.2) is 0 Å². The molecule has 5 nitrogen and oxygen atoms in total. The average molecular weight is 316 g/mol. The van der Waals surface area contributed by atoms with E-state index in [0.717, 1.165) is 16.7 Å². The summed E-state index contributed by atoms with van der Waals surface area (Å²) in [5.74, 6) is 0.0777. The fourth-order valence-corrected chi connectivity index (χ4v) is 2.22. The van der Waals surface area contributed by atoms with Crippen LogP contribution in [0.4, 0.5) is 5.69 Å². The second-order valence-electron chi connectivity index (χ2n) is 4.21. The molecule has 18 heavy (non-hydrogen) atoms. The van der Waals surface area contributed by atoms with Crippen molar-refractivity contribution in [2.45, 2.75) is 19.4 Å². The van der Waals surface area contributed by atoms with Gasteiger partial charge in [-0.05, 0) is 47.5 Å². The number of hydrogen-bond acceptors (Lipinski definition) is 4. The molecule has 1 aromatic rings. The molecule has 0 saturated carbocycles. The van der Waals surface area contributed by atoms with E-state index in [1.54, 1.807) is 19.1 Å². The Morgan fingerprint density at radius 3 is 2.72 bits per heavy atom. The van der Waals surface area contributed by atoms with Crippen LogP contribution in [0.1, 0.15) is 18.9 Å². The third kappa shape index (κ3) is 3.89. The maximum absolute atomic E-state index is 9.27. The van der Waals surface area contributed by atoms with E-state index < -0.39 is 0 Å². The molecule has 0 amide bonds. The zero-order valence-electron chi connectivity index (χ0n) is 10.5. The lowest BCUT2D eigenvalue weighted by Crippen LogP contribution is -2.22. The van der Waals surface area contributed by atoms with Gasteiger partial charge in [0.1, 0.15) is 0 Å². The minimum absolute atomic E-state index is 0.0777. The number of nitrogens with zero attached hydrogens (tertiary/aromatic N) is 2. The first kappa shape index (κ1) is 14.8. The number of aliphatic hydroxyl groups excluding tert-OH is 1. The SMILES string of the molecule is CC(O)CCN(C)c1ccc(/C(N)=N/O)cc1Br. The Labute approximate surface area is 115 Å². The van der Waals surface area contributed by atoms with Crippen LogP contribution in [0.15, 0.2) is 27.8 Å². The molecule has 4 N–H and O–H groups in total. The van der Waals surface area contributed by atoms with Crippen LogP contribution < -0.4 is 10.6 Å². The van der Waals surface area contributed by atoms with Crippen LogP contribution in [-0.2, 0) is 0 Å². The number of aliphatic hydroxyl groups is 1. The summed E-state index contributed by atoms with van der Waals surface area (Å²) in [5, 5.41) is 20.8. The Bertz CT molecular complexity index is 435. The predicted molar refractivity (Wildman–Crippen MR) is 76.2 cm³/mol. The summed E-state index contributed by atoms with van der Waals surface area (Å²) < 4.78 is 0.861. The number of rotatable bonds is 5. The minimum Gasteiger partial charge on any atom is -0.409 e. The molecule has 6 heteroatoms. The maximum Gasteiger partial charge on any atom is 0.170 e. The van der Waals surface area contributed by atoms with Gasteiger partial charge in [-0.3, -0.25) is 0 Å². The van der Waals surface area contributed by atoms with Crippen LogP contribution in [0, 0.1) is 0 Å². The van der Waals surface area contributed by atoms with E-state index in [9.17, 15) is 5.11 Å². The van der Waals surface area contributed by atoms with Crippen LogP contribution in [0.2, 0.25) is 0 Å². The van der Waals surface area contributed by atoms with Crippen molar-refractivity contribution in [2.75, 3.05) is 18.5 Å². The van der Waals surface area contributed by atoms with Crippen molar-refractivity contribution in [3.8, 4) is 0 Å². The lowest BCUT2D eigenvalue weighted by atomic mass is 10.1. The quantitative estimate of drug-likeness (QED) is 0.334. The zero-order valence-corrected chi connectivity index (χ0v) is 12.1. The lowest BCUT2D eigenvalue weighted by Gasteiger charge is -2.21.